The topological polar surface area (TPSA) is 82.3 Å². The standard InChI is InChI=1S/C26H19ClN2O4/c1-16-22(26(30)19-8-12-20(27)13-9-19)23(17-10-14-21(33-2)15-11-17)25(29(31)32)24(28-16)18-6-4-3-5-7-18/h3-15H,1-2H3. The van der Waals surface area contributed by atoms with E-state index in [0.29, 0.717) is 33.2 Å². The quantitative estimate of drug-likeness (QED) is 0.186. The highest BCUT2D eigenvalue weighted by Gasteiger charge is 2.31. The van der Waals surface area contributed by atoms with Crippen LogP contribution in [0.1, 0.15) is 21.6 Å². The third-order valence-corrected chi connectivity index (χ3v) is 5.55. The maximum atomic E-state index is 13.6. The molecule has 7 heteroatoms. The van der Waals surface area contributed by atoms with Gasteiger partial charge < -0.3 is 4.74 Å². The second kappa shape index (κ2) is 9.22. The number of pyridine rings is 1. The largest absolute Gasteiger partial charge is 0.497 e. The normalized spacial score (nSPS) is 10.6. The Hall–Kier alpha value is -4.03. The van der Waals surface area contributed by atoms with Gasteiger partial charge in [-0.15, -0.1) is 0 Å². The lowest BCUT2D eigenvalue weighted by molar-refractivity contribution is -0.383. The average molecular weight is 459 g/mol. The number of hydrogen-bond donors (Lipinski definition) is 0. The maximum absolute atomic E-state index is 13.6. The summed E-state index contributed by atoms with van der Waals surface area (Å²) in [6, 6.07) is 22.1. The summed E-state index contributed by atoms with van der Waals surface area (Å²) >= 11 is 5.98. The van der Waals surface area contributed by atoms with Crippen LogP contribution in [0.5, 0.6) is 5.75 Å². The van der Waals surface area contributed by atoms with Gasteiger partial charge in [-0.1, -0.05) is 54.1 Å². The third-order valence-electron chi connectivity index (χ3n) is 5.29. The van der Waals surface area contributed by atoms with E-state index in [4.69, 9.17) is 16.3 Å². The first kappa shape index (κ1) is 22.2. The molecule has 0 N–H and O–H groups in total. The number of hydrogen-bond acceptors (Lipinski definition) is 5. The predicted octanol–water partition coefficient (Wildman–Crippen LogP) is 6.53. The molecule has 4 aromatic rings. The molecular formula is C26H19ClN2O4. The summed E-state index contributed by atoms with van der Waals surface area (Å²) in [6.07, 6.45) is 0. The van der Waals surface area contributed by atoms with Gasteiger partial charge in [0.25, 0.3) is 0 Å². The van der Waals surface area contributed by atoms with Crippen molar-refractivity contribution in [1.82, 2.24) is 4.98 Å². The van der Waals surface area contributed by atoms with E-state index in [1.807, 2.05) is 6.07 Å². The molecule has 0 unspecified atom stereocenters. The Balaban J connectivity index is 2.07. The molecule has 0 radical (unpaired) electrons. The number of carbonyl (C=O) groups excluding carboxylic acids is 1. The fraction of sp³-hybridized carbons (Fsp3) is 0.0769. The van der Waals surface area contributed by atoms with Crippen molar-refractivity contribution in [3.63, 3.8) is 0 Å². The van der Waals surface area contributed by atoms with E-state index in [2.05, 4.69) is 4.98 Å². The summed E-state index contributed by atoms with van der Waals surface area (Å²) < 4.78 is 5.23. The molecule has 33 heavy (non-hydrogen) atoms. The maximum Gasteiger partial charge on any atom is 0.304 e. The van der Waals surface area contributed by atoms with Crippen LogP contribution in [-0.2, 0) is 0 Å². The van der Waals surface area contributed by atoms with Crippen LogP contribution < -0.4 is 4.74 Å². The highest BCUT2D eigenvalue weighted by Crippen LogP contribution is 2.42. The molecule has 0 amide bonds. The Morgan fingerprint density at radius 3 is 2.15 bits per heavy atom. The molecule has 0 atom stereocenters. The Morgan fingerprint density at radius 2 is 1.58 bits per heavy atom. The summed E-state index contributed by atoms with van der Waals surface area (Å²) in [5, 5.41) is 12.9. The number of ketones is 1. The fourth-order valence-electron chi connectivity index (χ4n) is 3.73. The van der Waals surface area contributed by atoms with Gasteiger partial charge >= 0.3 is 5.69 Å². The summed E-state index contributed by atoms with van der Waals surface area (Å²) in [7, 11) is 1.54. The number of nitrogens with zero attached hydrogens (tertiary/aromatic N) is 2. The van der Waals surface area contributed by atoms with E-state index in [1.54, 1.807) is 79.7 Å². The minimum Gasteiger partial charge on any atom is -0.497 e. The SMILES string of the molecule is COc1ccc(-c2c(C(=O)c3ccc(Cl)cc3)c(C)nc(-c3ccccc3)c2[N+](=O)[O-])cc1. The highest BCUT2D eigenvalue weighted by atomic mass is 35.5. The number of rotatable bonds is 6. The summed E-state index contributed by atoms with van der Waals surface area (Å²) in [5.41, 5.74) is 2.23. The van der Waals surface area contributed by atoms with E-state index >= 15 is 0 Å². The molecule has 0 aliphatic heterocycles. The van der Waals surface area contributed by atoms with E-state index in [-0.39, 0.29) is 28.3 Å². The van der Waals surface area contributed by atoms with Crippen molar-refractivity contribution in [2.45, 2.75) is 6.92 Å². The van der Waals surface area contributed by atoms with Gasteiger partial charge in [0.2, 0.25) is 0 Å². The molecule has 1 aromatic heterocycles. The molecule has 0 spiro atoms. The van der Waals surface area contributed by atoms with Crippen molar-refractivity contribution in [3.05, 3.63) is 111 Å². The van der Waals surface area contributed by atoms with Crippen LogP contribution in [0, 0.1) is 17.0 Å². The lowest BCUT2D eigenvalue weighted by Gasteiger charge is -2.16. The Labute approximate surface area is 195 Å². The molecule has 164 valence electrons. The van der Waals surface area contributed by atoms with E-state index < -0.39 is 4.92 Å². The van der Waals surface area contributed by atoms with Crippen molar-refractivity contribution in [3.8, 4) is 28.1 Å². The van der Waals surface area contributed by atoms with Crippen LogP contribution in [-0.4, -0.2) is 22.8 Å². The van der Waals surface area contributed by atoms with Crippen molar-refractivity contribution in [1.29, 1.82) is 0 Å². The Bertz CT molecular complexity index is 1340. The minimum absolute atomic E-state index is 0.175. The monoisotopic (exact) mass is 458 g/mol. The number of aryl methyl sites for hydroxylation is 1. The molecule has 0 saturated carbocycles. The lowest BCUT2D eigenvalue weighted by atomic mass is 9.90. The van der Waals surface area contributed by atoms with Gasteiger partial charge in [-0.3, -0.25) is 14.9 Å². The van der Waals surface area contributed by atoms with E-state index in [1.165, 1.54) is 7.11 Å². The number of nitro groups is 1. The van der Waals surface area contributed by atoms with Gasteiger partial charge in [0, 0.05) is 16.1 Å². The lowest BCUT2D eigenvalue weighted by Crippen LogP contribution is -2.11. The van der Waals surface area contributed by atoms with Crippen molar-refractivity contribution < 1.29 is 14.5 Å². The van der Waals surface area contributed by atoms with Gasteiger partial charge in [-0.05, 0) is 48.9 Å². The predicted molar refractivity (Wildman–Crippen MR) is 128 cm³/mol. The van der Waals surface area contributed by atoms with Gasteiger partial charge in [-0.2, -0.15) is 0 Å². The first-order valence-corrected chi connectivity index (χ1v) is 10.5. The van der Waals surface area contributed by atoms with E-state index in [0.717, 1.165) is 0 Å². The number of carbonyl (C=O) groups is 1. The van der Waals surface area contributed by atoms with Crippen molar-refractivity contribution in [2.75, 3.05) is 7.11 Å². The number of halogens is 1. The van der Waals surface area contributed by atoms with Crippen LogP contribution in [0.3, 0.4) is 0 Å². The highest BCUT2D eigenvalue weighted by molar-refractivity contribution is 6.30. The smallest absolute Gasteiger partial charge is 0.304 e. The number of ether oxygens (including phenoxy) is 1. The van der Waals surface area contributed by atoms with Crippen LogP contribution in [0.25, 0.3) is 22.4 Å². The molecule has 0 saturated heterocycles. The zero-order valence-corrected chi connectivity index (χ0v) is 18.7. The Kier molecular flexibility index (Phi) is 6.20. The first-order chi connectivity index (χ1) is 15.9. The molecule has 4 rings (SSSR count). The number of methoxy groups -OCH3 is 1. The Morgan fingerprint density at radius 1 is 0.939 bits per heavy atom. The summed E-state index contributed by atoms with van der Waals surface area (Å²) in [4.78, 5) is 30.0. The number of aromatic nitrogens is 1. The first-order valence-electron chi connectivity index (χ1n) is 10.1. The van der Waals surface area contributed by atoms with Crippen LogP contribution in [0.2, 0.25) is 5.02 Å². The molecule has 0 fully saturated rings. The molecule has 6 nitrogen and oxygen atoms in total. The van der Waals surface area contributed by atoms with Crippen LogP contribution >= 0.6 is 11.6 Å². The van der Waals surface area contributed by atoms with Crippen LogP contribution in [0.15, 0.2) is 78.9 Å². The molecule has 3 aromatic carbocycles. The van der Waals surface area contributed by atoms with Gasteiger partial charge in [0.15, 0.2) is 5.78 Å². The second-order valence-electron chi connectivity index (χ2n) is 7.33. The number of benzene rings is 3. The summed E-state index contributed by atoms with van der Waals surface area (Å²) in [6.45, 7) is 1.69. The second-order valence-corrected chi connectivity index (χ2v) is 7.77. The van der Waals surface area contributed by atoms with Crippen molar-refractivity contribution in [2.24, 2.45) is 0 Å². The molecule has 1 heterocycles. The molecular weight excluding hydrogens is 440 g/mol. The van der Waals surface area contributed by atoms with Crippen LogP contribution in [0.4, 0.5) is 5.69 Å². The van der Waals surface area contributed by atoms with Gasteiger partial charge in [0.05, 0.1) is 28.9 Å². The van der Waals surface area contributed by atoms with Gasteiger partial charge in [-0.25, -0.2) is 4.98 Å². The summed E-state index contributed by atoms with van der Waals surface area (Å²) in [5.74, 6) is 0.228. The third kappa shape index (κ3) is 4.33. The van der Waals surface area contributed by atoms with E-state index in [9.17, 15) is 14.9 Å². The molecule has 0 aliphatic rings. The zero-order chi connectivity index (χ0) is 23.5. The molecule has 0 bridgehead atoms. The van der Waals surface area contributed by atoms with Crippen molar-refractivity contribution >= 4 is 23.1 Å². The minimum atomic E-state index is -0.479. The average Bonchev–Trinajstić information content (AvgIpc) is 2.84. The fourth-order valence-corrected chi connectivity index (χ4v) is 3.86. The zero-order valence-electron chi connectivity index (χ0n) is 17.9. The van der Waals surface area contributed by atoms with Gasteiger partial charge in [0.1, 0.15) is 11.4 Å². The molecule has 0 aliphatic carbocycles.